The van der Waals surface area contributed by atoms with E-state index in [1.54, 1.807) is 0 Å². The van der Waals surface area contributed by atoms with Crippen molar-refractivity contribution in [2.24, 2.45) is 0 Å². The monoisotopic (exact) mass is 330 g/mol. The van der Waals surface area contributed by atoms with Crippen LogP contribution < -0.4 is 0 Å². The van der Waals surface area contributed by atoms with Gasteiger partial charge >= 0.3 is 0 Å². The second kappa shape index (κ2) is 13.1. The highest BCUT2D eigenvalue weighted by Gasteiger charge is 2.12. The quantitative estimate of drug-likeness (QED) is 0.450. The minimum atomic E-state index is 0.628. The largest absolute Gasteiger partial charge is 0.379 e. The molecule has 0 aliphatic heterocycles. The number of rotatable bonds is 14. The summed E-state index contributed by atoms with van der Waals surface area (Å²) in [6, 6.07) is 1.26. The van der Waals surface area contributed by atoms with Gasteiger partial charge < -0.3 is 24.3 Å². The van der Waals surface area contributed by atoms with E-state index in [0.29, 0.717) is 12.1 Å². The van der Waals surface area contributed by atoms with E-state index in [0.717, 1.165) is 39.4 Å². The van der Waals surface area contributed by atoms with Gasteiger partial charge in [0.05, 0.1) is 13.2 Å². The number of likely N-dealkylation sites (N-methyl/N-ethyl adjacent to an activating group) is 4. The summed E-state index contributed by atoms with van der Waals surface area (Å²) in [5.41, 5.74) is 0. The summed E-state index contributed by atoms with van der Waals surface area (Å²) in [6.07, 6.45) is 2.38. The van der Waals surface area contributed by atoms with Gasteiger partial charge in [-0.2, -0.15) is 0 Å². The van der Waals surface area contributed by atoms with Gasteiger partial charge in [-0.15, -0.1) is 0 Å². The van der Waals surface area contributed by atoms with Crippen LogP contribution in [0.25, 0.3) is 0 Å². The van der Waals surface area contributed by atoms with E-state index in [2.05, 4.69) is 75.7 Å². The maximum Gasteiger partial charge on any atom is 0.0593 e. The molecule has 0 aliphatic carbocycles. The van der Waals surface area contributed by atoms with Crippen LogP contribution in [0.3, 0.4) is 0 Å². The van der Waals surface area contributed by atoms with Gasteiger partial charge in [-0.1, -0.05) is 13.8 Å². The fourth-order valence-electron chi connectivity index (χ4n) is 2.76. The van der Waals surface area contributed by atoms with E-state index in [4.69, 9.17) is 4.74 Å². The van der Waals surface area contributed by atoms with Gasteiger partial charge in [0.2, 0.25) is 0 Å². The van der Waals surface area contributed by atoms with Gasteiger partial charge in [-0.25, -0.2) is 0 Å². The first kappa shape index (κ1) is 22.8. The van der Waals surface area contributed by atoms with Gasteiger partial charge in [-0.3, -0.25) is 0 Å². The molecule has 23 heavy (non-hydrogen) atoms. The second-order valence-corrected chi connectivity index (χ2v) is 7.19. The van der Waals surface area contributed by atoms with Crippen LogP contribution in [0, 0.1) is 0 Å². The molecule has 0 fully saturated rings. The summed E-state index contributed by atoms with van der Waals surface area (Å²) in [5, 5.41) is 0. The molecule has 0 heterocycles. The zero-order valence-corrected chi connectivity index (χ0v) is 17.0. The minimum Gasteiger partial charge on any atom is -0.379 e. The van der Waals surface area contributed by atoms with Crippen molar-refractivity contribution in [3.05, 3.63) is 0 Å². The summed E-state index contributed by atoms with van der Waals surface area (Å²) >= 11 is 0. The van der Waals surface area contributed by atoms with Gasteiger partial charge in [0.25, 0.3) is 0 Å². The van der Waals surface area contributed by atoms with Crippen LogP contribution in [0.4, 0.5) is 0 Å². The van der Waals surface area contributed by atoms with Gasteiger partial charge in [-0.05, 0) is 55.1 Å². The second-order valence-electron chi connectivity index (χ2n) is 7.19. The Labute approximate surface area is 145 Å². The lowest BCUT2D eigenvalue weighted by Crippen LogP contribution is -2.40. The molecule has 0 aromatic carbocycles. The topological polar surface area (TPSA) is 22.2 Å². The van der Waals surface area contributed by atoms with Crippen molar-refractivity contribution in [2.75, 3.05) is 81.7 Å². The molecule has 5 nitrogen and oxygen atoms in total. The summed E-state index contributed by atoms with van der Waals surface area (Å²) in [4.78, 5) is 9.36. The average Bonchev–Trinajstić information content (AvgIpc) is 2.49. The molecular formula is C18H42N4O. The summed E-state index contributed by atoms with van der Waals surface area (Å²) < 4.78 is 5.82. The molecule has 0 N–H and O–H groups in total. The van der Waals surface area contributed by atoms with Crippen molar-refractivity contribution < 1.29 is 4.74 Å². The molecule has 0 aromatic heterocycles. The molecule has 140 valence electrons. The van der Waals surface area contributed by atoms with Crippen LogP contribution in [0.2, 0.25) is 0 Å². The molecular weight excluding hydrogens is 288 g/mol. The van der Waals surface area contributed by atoms with Crippen LogP contribution in [0.1, 0.15) is 26.7 Å². The molecule has 0 rings (SSSR count). The SMILES string of the molecule is CCC(CN(C)CCOCCN(C)CC(CC)N(C)C)N(C)C. The van der Waals surface area contributed by atoms with Crippen LogP contribution in [-0.4, -0.2) is 113 Å². The molecule has 5 heteroatoms. The van der Waals surface area contributed by atoms with E-state index in [-0.39, 0.29) is 0 Å². The highest BCUT2D eigenvalue weighted by molar-refractivity contribution is 4.69. The van der Waals surface area contributed by atoms with Crippen molar-refractivity contribution in [2.45, 2.75) is 38.8 Å². The third-order valence-electron chi connectivity index (χ3n) is 4.68. The van der Waals surface area contributed by atoms with Gasteiger partial charge in [0, 0.05) is 38.3 Å². The van der Waals surface area contributed by atoms with E-state index >= 15 is 0 Å². The summed E-state index contributed by atoms with van der Waals surface area (Å²) in [5.74, 6) is 0. The lowest BCUT2D eigenvalue weighted by atomic mass is 10.2. The molecule has 0 amide bonds. The molecule has 2 atom stereocenters. The third kappa shape index (κ3) is 11.1. The first-order valence-electron chi connectivity index (χ1n) is 9.09. The van der Waals surface area contributed by atoms with E-state index in [1.165, 1.54) is 12.8 Å². The van der Waals surface area contributed by atoms with E-state index in [1.807, 2.05) is 0 Å². The minimum absolute atomic E-state index is 0.628. The number of hydrogen-bond acceptors (Lipinski definition) is 5. The molecule has 0 aliphatic rings. The van der Waals surface area contributed by atoms with Crippen LogP contribution in [0.5, 0.6) is 0 Å². The Balaban J connectivity index is 3.75. The van der Waals surface area contributed by atoms with Crippen LogP contribution >= 0.6 is 0 Å². The molecule has 0 aromatic rings. The molecule has 0 bridgehead atoms. The molecule has 2 unspecified atom stereocenters. The van der Waals surface area contributed by atoms with Crippen molar-refractivity contribution >= 4 is 0 Å². The number of hydrogen-bond donors (Lipinski definition) is 0. The Kier molecular flexibility index (Phi) is 13.0. The molecule has 0 saturated carbocycles. The van der Waals surface area contributed by atoms with E-state index in [9.17, 15) is 0 Å². The lowest BCUT2D eigenvalue weighted by molar-refractivity contribution is 0.0818. The maximum atomic E-state index is 5.82. The lowest BCUT2D eigenvalue weighted by Gasteiger charge is -2.29. The predicted octanol–water partition coefficient (Wildman–Crippen LogP) is 1.55. The summed E-state index contributed by atoms with van der Waals surface area (Å²) in [6.45, 7) is 10.4. The highest BCUT2D eigenvalue weighted by Crippen LogP contribution is 2.02. The third-order valence-corrected chi connectivity index (χ3v) is 4.68. The Morgan fingerprint density at radius 3 is 1.26 bits per heavy atom. The normalized spacial score (nSPS) is 15.1. The van der Waals surface area contributed by atoms with Crippen molar-refractivity contribution in [1.29, 1.82) is 0 Å². The molecule has 0 saturated heterocycles. The van der Waals surface area contributed by atoms with Crippen molar-refractivity contribution in [3.8, 4) is 0 Å². The smallest absolute Gasteiger partial charge is 0.0593 e. The van der Waals surface area contributed by atoms with E-state index < -0.39 is 0 Å². The summed E-state index contributed by atoms with van der Waals surface area (Å²) in [7, 11) is 13.0. The molecule has 0 radical (unpaired) electrons. The fraction of sp³-hybridized carbons (Fsp3) is 1.00. The Morgan fingerprint density at radius 2 is 1.00 bits per heavy atom. The first-order valence-corrected chi connectivity index (χ1v) is 9.09. The van der Waals surface area contributed by atoms with Crippen LogP contribution in [0.15, 0.2) is 0 Å². The van der Waals surface area contributed by atoms with Crippen LogP contribution in [-0.2, 0) is 4.74 Å². The zero-order valence-electron chi connectivity index (χ0n) is 17.0. The Morgan fingerprint density at radius 1 is 0.652 bits per heavy atom. The number of ether oxygens (including phenoxy) is 1. The van der Waals surface area contributed by atoms with Crippen molar-refractivity contribution in [3.63, 3.8) is 0 Å². The van der Waals surface area contributed by atoms with Gasteiger partial charge in [0.1, 0.15) is 0 Å². The fourth-order valence-corrected chi connectivity index (χ4v) is 2.76. The highest BCUT2D eigenvalue weighted by atomic mass is 16.5. The average molecular weight is 331 g/mol. The maximum absolute atomic E-state index is 5.82. The predicted molar refractivity (Wildman–Crippen MR) is 101 cm³/mol. The Hall–Kier alpha value is -0.200. The van der Waals surface area contributed by atoms with Crippen molar-refractivity contribution in [1.82, 2.24) is 19.6 Å². The standard InChI is InChI=1S/C18H42N4O/c1-9-17(19(3)4)15-21(7)11-13-23-14-12-22(8)16-18(10-2)20(5)6/h17-18H,9-16H2,1-8H3. The Bertz CT molecular complexity index is 248. The molecule has 0 spiro atoms. The first-order chi connectivity index (χ1) is 10.8. The zero-order chi connectivity index (χ0) is 17.8. The van der Waals surface area contributed by atoms with Gasteiger partial charge in [0.15, 0.2) is 0 Å². The number of nitrogens with zero attached hydrogens (tertiary/aromatic N) is 4.